The summed E-state index contributed by atoms with van der Waals surface area (Å²) in [5, 5.41) is 5.82. The van der Waals surface area contributed by atoms with Gasteiger partial charge in [0.15, 0.2) is 0 Å². The fourth-order valence-electron chi connectivity index (χ4n) is 4.87. The molecular formula is C27H31F2N7O3. The quantitative estimate of drug-likeness (QED) is 0.412. The lowest BCUT2D eigenvalue weighted by molar-refractivity contribution is 0.0994. The average Bonchev–Trinajstić information content (AvgIpc) is 3.54. The zero-order chi connectivity index (χ0) is 27.4. The number of hydrogen-bond donors (Lipinski definition) is 2. The van der Waals surface area contributed by atoms with E-state index in [1.807, 2.05) is 4.90 Å². The van der Waals surface area contributed by atoms with Crippen LogP contribution >= 0.6 is 0 Å². The zero-order valence-electron chi connectivity index (χ0n) is 21.7. The molecule has 2 fully saturated rings. The molecule has 0 radical (unpaired) electrons. The van der Waals surface area contributed by atoms with E-state index in [4.69, 9.17) is 4.42 Å². The number of anilines is 4. The summed E-state index contributed by atoms with van der Waals surface area (Å²) in [5.41, 5.74) is 0.658. The first kappa shape index (κ1) is 26.4. The van der Waals surface area contributed by atoms with Gasteiger partial charge < -0.3 is 24.9 Å². The lowest BCUT2D eigenvalue weighted by atomic mass is 10.0. The Bertz CT molecular complexity index is 1320. The monoisotopic (exact) mass is 539 g/mol. The summed E-state index contributed by atoms with van der Waals surface area (Å²) in [6, 6.07) is 9.59. The normalized spacial score (nSPS) is 17.6. The molecule has 4 heterocycles. The SMILES string of the molecule is CC1CCCN(c2nc(CF)c(C(=O)Nc3ccc(NCCN4CCN(c5ccccc5F)C4=O)nc3)o2)C1. The number of halogens is 2. The van der Waals surface area contributed by atoms with Crippen molar-refractivity contribution >= 4 is 35.1 Å². The van der Waals surface area contributed by atoms with Crippen LogP contribution in [0, 0.1) is 11.7 Å². The Morgan fingerprint density at radius 1 is 1.18 bits per heavy atom. The molecule has 0 bridgehead atoms. The lowest BCUT2D eigenvalue weighted by Gasteiger charge is -2.29. The summed E-state index contributed by atoms with van der Waals surface area (Å²) in [7, 11) is 0. The molecule has 0 aliphatic carbocycles. The summed E-state index contributed by atoms with van der Waals surface area (Å²) in [4.78, 5) is 39.0. The van der Waals surface area contributed by atoms with E-state index in [0.717, 1.165) is 25.9 Å². The minimum Gasteiger partial charge on any atom is -0.418 e. The Kier molecular flexibility index (Phi) is 7.89. The number of pyridine rings is 1. The standard InChI is InChI=1S/C27H31F2N7O3/c1-18-5-4-11-35(17-18)26-33-21(15-28)24(39-26)25(37)32-19-8-9-23(31-16-19)30-10-12-34-13-14-36(27(34)38)22-7-3-2-6-20(22)29/h2-3,6-9,16,18H,4-5,10-15,17H2,1H3,(H,30,31)(H,32,37). The molecule has 10 nitrogen and oxygen atoms in total. The Morgan fingerprint density at radius 2 is 2.03 bits per heavy atom. The predicted octanol–water partition coefficient (Wildman–Crippen LogP) is 4.52. The summed E-state index contributed by atoms with van der Waals surface area (Å²) in [6.07, 6.45) is 3.57. The highest BCUT2D eigenvalue weighted by Crippen LogP contribution is 2.26. The maximum atomic E-state index is 14.1. The number of aromatic nitrogens is 2. The molecule has 1 atom stereocenters. The van der Waals surface area contributed by atoms with E-state index in [2.05, 4.69) is 27.5 Å². The van der Waals surface area contributed by atoms with Crippen molar-refractivity contribution in [1.82, 2.24) is 14.9 Å². The van der Waals surface area contributed by atoms with Gasteiger partial charge in [0.1, 0.15) is 24.0 Å². The van der Waals surface area contributed by atoms with Crippen molar-refractivity contribution in [2.75, 3.05) is 59.7 Å². The second-order valence-electron chi connectivity index (χ2n) is 9.78. The fraction of sp³-hybridized carbons (Fsp3) is 0.407. The molecule has 2 aromatic heterocycles. The third-order valence-electron chi connectivity index (χ3n) is 6.89. The summed E-state index contributed by atoms with van der Waals surface area (Å²) < 4.78 is 33.3. The number of alkyl halides is 1. The second-order valence-corrected chi connectivity index (χ2v) is 9.78. The molecule has 3 amide bonds. The lowest BCUT2D eigenvalue weighted by Crippen LogP contribution is -2.35. The first-order valence-electron chi connectivity index (χ1n) is 13.1. The van der Waals surface area contributed by atoms with Gasteiger partial charge in [0.25, 0.3) is 11.9 Å². The van der Waals surface area contributed by atoms with Crippen LogP contribution in [-0.2, 0) is 6.67 Å². The molecule has 3 aromatic rings. The van der Waals surface area contributed by atoms with Crippen LogP contribution < -0.4 is 20.4 Å². The number of carbonyl (C=O) groups is 2. The minimum atomic E-state index is -0.908. The zero-order valence-corrected chi connectivity index (χ0v) is 21.7. The smallest absolute Gasteiger partial charge is 0.324 e. The van der Waals surface area contributed by atoms with Gasteiger partial charge in [-0.25, -0.2) is 18.6 Å². The molecule has 39 heavy (non-hydrogen) atoms. The number of para-hydroxylation sites is 1. The van der Waals surface area contributed by atoms with Crippen LogP contribution in [0.5, 0.6) is 0 Å². The average molecular weight is 540 g/mol. The number of oxazole rings is 1. The Labute approximate surface area is 225 Å². The number of hydrogen-bond acceptors (Lipinski definition) is 7. The first-order chi connectivity index (χ1) is 18.9. The molecule has 1 aromatic carbocycles. The third-order valence-corrected chi connectivity index (χ3v) is 6.89. The van der Waals surface area contributed by atoms with Gasteiger partial charge >= 0.3 is 6.03 Å². The summed E-state index contributed by atoms with van der Waals surface area (Å²) in [6.45, 7) is 4.50. The van der Waals surface area contributed by atoms with Crippen molar-refractivity contribution in [2.45, 2.75) is 26.4 Å². The van der Waals surface area contributed by atoms with Crippen molar-refractivity contribution in [3.8, 4) is 0 Å². The minimum absolute atomic E-state index is 0.0306. The van der Waals surface area contributed by atoms with Gasteiger partial charge in [-0.1, -0.05) is 19.1 Å². The maximum Gasteiger partial charge on any atom is 0.324 e. The Balaban J connectivity index is 1.13. The molecule has 0 saturated carbocycles. The predicted molar refractivity (Wildman–Crippen MR) is 143 cm³/mol. The van der Waals surface area contributed by atoms with Gasteiger partial charge in [0.05, 0.1) is 17.6 Å². The van der Waals surface area contributed by atoms with Crippen LogP contribution in [0.25, 0.3) is 0 Å². The first-order valence-corrected chi connectivity index (χ1v) is 13.1. The molecule has 2 aliphatic rings. The molecule has 0 spiro atoms. The van der Waals surface area contributed by atoms with Gasteiger partial charge in [-0.05, 0) is 43.0 Å². The highest BCUT2D eigenvalue weighted by molar-refractivity contribution is 6.03. The van der Waals surface area contributed by atoms with E-state index in [1.54, 1.807) is 35.2 Å². The van der Waals surface area contributed by atoms with Gasteiger partial charge in [0.2, 0.25) is 5.76 Å². The second kappa shape index (κ2) is 11.7. The fourth-order valence-corrected chi connectivity index (χ4v) is 4.87. The molecule has 5 rings (SSSR count). The van der Waals surface area contributed by atoms with Crippen molar-refractivity contribution < 1.29 is 22.8 Å². The highest BCUT2D eigenvalue weighted by atomic mass is 19.1. The van der Waals surface area contributed by atoms with Gasteiger partial charge in [-0.2, -0.15) is 4.98 Å². The highest BCUT2D eigenvalue weighted by Gasteiger charge is 2.30. The summed E-state index contributed by atoms with van der Waals surface area (Å²) in [5.74, 6) is -0.146. The molecule has 1 unspecified atom stereocenters. The van der Waals surface area contributed by atoms with E-state index < -0.39 is 18.4 Å². The third kappa shape index (κ3) is 5.94. The Hall–Kier alpha value is -4.22. The Morgan fingerprint density at radius 3 is 2.77 bits per heavy atom. The number of nitrogens with one attached hydrogen (secondary N) is 2. The number of piperidine rings is 1. The largest absolute Gasteiger partial charge is 0.418 e. The van der Waals surface area contributed by atoms with Crippen molar-refractivity contribution in [2.24, 2.45) is 5.92 Å². The number of amides is 3. The topological polar surface area (TPSA) is 107 Å². The number of benzene rings is 1. The number of nitrogens with zero attached hydrogens (tertiary/aromatic N) is 5. The van der Waals surface area contributed by atoms with Crippen LogP contribution in [0.4, 0.5) is 36.8 Å². The molecule has 206 valence electrons. The van der Waals surface area contributed by atoms with Crippen LogP contribution in [-0.4, -0.2) is 66.1 Å². The van der Waals surface area contributed by atoms with Crippen molar-refractivity contribution in [1.29, 1.82) is 0 Å². The molecule has 12 heteroatoms. The van der Waals surface area contributed by atoms with Gasteiger partial charge in [-0.3, -0.25) is 9.69 Å². The molecule has 2 saturated heterocycles. The van der Waals surface area contributed by atoms with Crippen LogP contribution in [0.3, 0.4) is 0 Å². The van der Waals surface area contributed by atoms with Gasteiger partial charge in [-0.15, -0.1) is 0 Å². The van der Waals surface area contributed by atoms with Crippen LogP contribution in [0.15, 0.2) is 47.0 Å². The van der Waals surface area contributed by atoms with E-state index in [1.165, 1.54) is 17.2 Å². The van der Waals surface area contributed by atoms with E-state index in [9.17, 15) is 18.4 Å². The van der Waals surface area contributed by atoms with E-state index >= 15 is 0 Å². The number of carbonyl (C=O) groups excluding carboxylic acids is 2. The maximum absolute atomic E-state index is 14.1. The number of rotatable bonds is 9. The van der Waals surface area contributed by atoms with Crippen LogP contribution in [0.2, 0.25) is 0 Å². The van der Waals surface area contributed by atoms with Crippen LogP contribution in [0.1, 0.15) is 36.0 Å². The summed E-state index contributed by atoms with van der Waals surface area (Å²) >= 11 is 0. The van der Waals surface area contributed by atoms with Crippen molar-refractivity contribution in [3.63, 3.8) is 0 Å². The van der Waals surface area contributed by atoms with E-state index in [-0.39, 0.29) is 29.2 Å². The molecule has 2 aliphatic heterocycles. The molecule has 2 N–H and O–H groups in total. The van der Waals surface area contributed by atoms with Gasteiger partial charge in [0, 0.05) is 39.3 Å². The number of urea groups is 1. The van der Waals surface area contributed by atoms with E-state index in [0.29, 0.717) is 43.6 Å². The van der Waals surface area contributed by atoms with Crippen molar-refractivity contribution in [3.05, 3.63) is 59.9 Å². The molecular weight excluding hydrogens is 508 g/mol.